The average molecular weight is 403 g/mol. The molecule has 0 atom stereocenters. The Kier molecular flexibility index (Phi) is 9.07. The Morgan fingerprint density at radius 3 is 2.50 bits per heavy atom. The first kappa shape index (κ1) is 21.5. The minimum absolute atomic E-state index is 0.125. The monoisotopic (exact) mass is 402 g/mol. The van der Waals surface area contributed by atoms with Crippen LogP contribution >= 0.6 is 12.2 Å². The predicted octanol–water partition coefficient (Wildman–Crippen LogP) is 3.10. The molecule has 0 radical (unpaired) electrons. The number of methoxy groups -OCH3 is 2. The van der Waals surface area contributed by atoms with Crippen LogP contribution in [-0.4, -0.2) is 38.4 Å². The summed E-state index contributed by atoms with van der Waals surface area (Å²) in [6.45, 7) is 1.09. The standard InChI is InChI=1S/C21H26N2O4S/c1-25-18-11-10-16(15-19(18)26-2)12-13-22-21(28)23-20(24)9-6-14-27-17-7-4-3-5-8-17/h3-5,7-8,10-11,15H,6,9,12-14H2,1-2H3,(H2,22,23,24,28). The van der Waals surface area contributed by atoms with E-state index in [4.69, 9.17) is 26.4 Å². The number of hydrogen-bond donors (Lipinski definition) is 2. The molecular weight excluding hydrogens is 376 g/mol. The van der Waals surface area contributed by atoms with Crippen molar-refractivity contribution in [1.82, 2.24) is 10.6 Å². The van der Waals surface area contributed by atoms with E-state index in [-0.39, 0.29) is 5.91 Å². The van der Waals surface area contributed by atoms with Gasteiger partial charge in [-0.1, -0.05) is 24.3 Å². The van der Waals surface area contributed by atoms with E-state index in [0.717, 1.165) is 17.7 Å². The van der Waals surface area contributed by atoms with Gasteiger partial charge in [0.25, 0.3) is 0 Å². The summed E-state index contributed by atoms with van der Waals surface area (Å²) in [7, 11) is 3.21. The second kappa shape index (κ2) is 11.8. The van der Waals surface area contributed by atoms with Crippen LogP contribution in [0.4, 0.5) is 0 Å². The molecule has 7 heteroatoms. The molecule has 0 aliphatic rings. The van der Waals surface area contributed by atoms with E-state index in [2.05, 4.69) is 10.6 Å². The summed E-state index contributed by atoms with van der Waals surface area (Å²) >= 11 is 5.17. The fourth-order valence-electron chi connectivity index (χ4n) is 2.53. The van der Waals surface area contributed by atoms with E-state index < -0.39 is 0 Å². The van der Waals surface area contributed by atoms with Gasteiger partial charge in [0.1, 0.15) is 5.75 Å². The van der Waals surface area contributed by atoms with Crippen molar-refractivity contribution in [3.63, 3.8) is 0 Å². The van der Waals surface area contributed by atoms with Gasteiger partial charge in [-0.3, -0.25) is 4.79 Å². The highest BCUT2D eigenvalue weighted by Crippen LogP contribution is 2.27. The second-order valence-electron chi connectivity index (χ2n) is 6.01. The highest BCUT2D eigenvalue weighted by Gasteiger charge is 2.06. The van der Waals surface area contributed by atoms with Crippen LogP contribution in [-0.2, 0) is 11.2 Å². The Morgan fingerprint density at radius 2 is 1.79 bits per heavy atom. The molecule has 1 amide bonds. The fraction of sp³-hybridized carbons (Fsp3) is 0.333. The number of ether oxygens (including phenoxy) is 3. The molecule has 2 N–H and O–H groups in total. The van der Waals surface area contributed by atoms with Gasteiger partial charge in [-0.2, -0.15) is 0 Å². The molecule has 0 fully saturated rings. The summed E-state index contributed by atoms with van der Waals surface area (Å²) in [4.78, 5) is 11.9. The van der Waals surface area contributed by atoms with Crippen LogP contribution in [0, 0.1) is 0 Å². The van der Waals surface area contributed by atoms with Gasteiger partial charge in [-0.05, 0) is 54.9 Å². The maximum Gasteiger partial charge on any atom is 0.226 e. The minimum Gasteiger partial charge on any atom is -0.494 e. The van der Waals surface area contributed by atoms with Crippen LogP contribution in [0.5, 0.6) is 17.2 Å². The molecule has 2 rings (SSSR count). The highest BCUT2D eigenvalue weighted by atomic mass is 32.1. The van der Waals surface area contributed by atoms with E-state index in [0.29, 0.717) is 42.6 Å². The molecule has 0 unspecified atom stereocenters. The zero-order chi connectivity index (χ0) is 20.2. The number of para-hydroxylation sites is 1. The van der Waals surface area contributed by atoms with Crippen LogP contribution in [0.1, 0.15) is 18.4 Å². The molecule has 0 aliphatic heterocycles. The Morgan fingerprint density at radius 1 is 1.04 bits per heavy atom. The third-order valence-electron chi connectivity index (χ3n) is 3.96. The first-order valence-electron chi connectivity index (χ1n) is 9.09. The summed E-state index contributed by atoms with van der Waals surface area (Å²) in [5, 5.41) is 6.06. The Labute approximate surface area is 171 Å². The van der Waals surface area contributed by atoms with Crippen molar-refractivity contribution in [3.8, 4) is 17.2 Å². The van der Waals surface area contributed by atoms with E-state index in [1.165, 1.54) is 0 Å². The van der Waals surface area contributed by atoms with Gasteiger partial charge < -0.3 is 24.8 Å². The molecule has 0 spiro atoms. The maximum atomic E-state index is 11.9. The number of rotatable bonds is 10. The minimum atomic E-state index is -0.125. The molecule has 0 aliphatic carbocycles. The van der Waals surface area contributed by atoms with Crippen LogP contribution in [0.15, 0.2) is 48.5 Å². The Hall–Kier alpha value is -2.80. The van der Waals surface area contributed by atoms with Crippen LogP contribution in [0.25, 0.3) is 0 Å². The molecule has 0 saturated carbocycles. The molecule has 0 bridgehead atoms. The smallest absolute Gasteiger partial charge is 0.226 e. The van der Waals surface area contributed by atoms with Crippen molar-refractivity contribution >= 4 is 23.2 Å². The number of nitrogens with one attached hydrogen (secondary N) is 2. The number of amides is 1. The van der Waals surface area contributed by atoms with Crippen molar-refractivity contribution in [1.29, 1.82) is 0 Å². The van der Waals surface area contributed by atoms with Gasteiger partial charge in [0.15, 0.2) is 16.6 Å². The molecule has 2 aromatic carbocycles. The van der Waals surface area contributed by atoms with Gasteiger partial charge in [0.05, 0.1) is 20.8 Å². The summed E-state index contributed by atoms with van der Waals surface area (Å²) in [5.41, 5.74) is 1.08. The number of carbonyl (C=O) groups is 1. The van der Waals surface area contributed by atoms with Crippen LogP contribution < -0.4 is 24.8 Å². The first-order valence-corrected chi connectivity index (χ1v) is 9.49. The van der Waals surface area contributed by atoms with Gasteiger partial charge in [0.2, 0.25) is 5.91 Å². The Balaban J connectivity index is 1.62. The van der Waals surface area contributed by atoms with Gasteiger partial charge >= 0.3 is 0 Å². The lowest BCUT2D eigenvalue weighted by molar-refractivity contribution is -0.119. The summed E-state index contributed by atoms with van der Waals surface area (Å²) in [6, 6.07) is 15.3. The second-order valence-corrected chi connectivity index (χ2v) is 6.42. The molecule has 0 saturated heterocycles. The van der Waals surface area contributed by atoms with Crippen molar-refractivity contribution in [2.45, 2.75) is 19.3 Å². The van der Waals surface area contributed by atoms with E-state index in [1.54, 1.807) is 14.2 Å². The molecule has 0 heterocycles. The third-order valence-corrected chi connectivity index (χ3v) is 4.21. The Bertz CT molecular complexity index is 768. The zero-order valence-corrected chi connectivity index (χ0v) is 17.0. The summed E-state index contributed by atoms with van der Waals surface area (Å²) < 4.78 is 16.1. The van der Waals surface area contributed by atoms with E-state index in [9.17, 15) is 4.79 Å². The van der Waals surface area contributed by atoms with E-state index in [1.807, 2.05) is 48.5 Å². The predicted molar refractivity (Wildman–Crippen MR) is 113 cm³/mol. The van der Waals surface area contributed by atoms with Crippen molar-refractivity contribution in [3.05, 3.63) is 54.1 Å². The lowest BCUT2D eigenvalue weighted by atomic mass is 10.1. The number of thiocarbonyl (C=S) groups is 1. The first-order chi connectivity index (χ1) is 13.6. The van der Waals surface area contributed by atoms with Crippen molar-refractivity contribution in [2.24, 2.45) is 0 Å². The van der Waals surface area contributed by atoms with Gasteiger partial charge in [-0.15, -0.1) is 0 Å². The number of benzene rings is 2. The number of carbonyl (C=O) groups excluding carboxylic acids is 1. The molecule has 150 valence electrons. The third kappa shape index (κ3) is 7.44. The largest absolute Gasteiger partial charge is 0.494 e. The molecule has 0 aromatic heterocycles. The van der Waals surface area contributed by atoms with Crippen molar-refractivity contribution < 1.29 is 19.0 Å². The van der Waals surface area contributed by atoms with Crippen LogP contribution in [0.3, 0.4) is 0 Å². The van der Waals surface area contributed by atoms with E-state index >= 15 is 0 Å². The molecule has 6 nitrogen and oxygen atoms in total. The molecule has 28 heavy (non-hydrogen) atoms. The summed E-state index contributed by atoms with van der Waals surface area (Å²) in [5.74, 6) is 2.06. The average Bonchev–Trinajstić information content (AvgIpc) is 2.71. The zero-order valence-electron chi connectivity index (χ0n) is 16.2. The SMILES string of the molecule is COc1ccc(CCNC(=S)NC(=O)CCCOc2ccccc2)cc1OC. The fourth-order valence-corrected chi connectivity index (χ4v) is 2.75. The van der Waals surface area contributed by atoms with Gasteiger partial charge in [0, 0.05) is 13.0 Å². The normalized spacial score (nSPS) is 10.1. The molecular formula is C21H26N2O4S. The lowest BCUT2D eigenvalue weighted by Crippen LogP contribution is -2.40. The summed E-state index contributed by atoms with van der Waals surface area (Å²) in [6.07, 6.45) is 1.71. The highest BCUT2D eigenvalue weighted by molar-refractivity contribution is 7.80. The van der Waals surface area contributed by atoms with Crippen molar-refractivity contribution in [2.75, 3.05) is 27.4 Å². The number of hydrogen-bond acceptors (Lipinski definition) is 5. The quantitative estimate of drug-likeness (QED) is 0.470. The topological polar surface area (TPSA) is 68.8 Å². The van der Waals surface area contributed by atoms with Gasteiger partial charge in [-0.25, -0.2) is 0 Å². The molecule has 2 aromatic rings. The lowest BCUT2D eigenvalue weighted by Gasteiger charge is -2.11. The van der Waals surface area contributed by atoms with Crippen LogP contribution in [0.2, 0.25) is 0 Å². The maximum absolute atomic E-state index is 11.9.